The summed E-state index contributed by atoms with van der Waals surface area (Å²) in [5.74, 6) is 0.858. The lowest BCUT2D eigenvalue weighted by Crippen LogP contribution is -2.24. The van der Waals surface area contributed by atoms with Crippen molar-refractivity contribution in [1.82, 2.24) is 19.7 Å². The van der Waals surface area contributed by atoms with Gasteiger partial charge in [0, 0.05) is 31.2 Å². The lowest BCUT2D eigenvalue weighted by atomic mass is 10.2. The third kappa shape index (κ3) is 2.22. The van der Waals surface area contributed by atoms with Crippen LogP contribution >= 0.6 is 0 Å². The molecule has 5 nitrogen and oxygen atoms in total. The molecule has 0 aromatic carbocycles. The zero-order valence-electron chi connectivity index (χ0n) is 10.5. The molecule has 5 heteroatoms. The standard InChI is InChI=1S/C13H17N5/c1-17-9-5-11(10-17)16-12-4-2-6-14-13(12)18-8-3-7-15-18/h2-4,6-8,11,16H,5,9-10H2,1H3. The highest BCUT2D eigenvalue weighted by molar-refractivity contribution is 5.56. The lowest BCUT2D eigenvalue weighted by molar-refractivity contribution is 0.414. The number of nitrogens with zero attached hydrogens (tertiary/aromatic N) is 4. The van der Waals surface area contributed by atoms with Crippen LogP contribution in [-0.4, -0.2) is 45.8 Å². The largest absolute Gasteiger partial charge is 0.378 e. The van der Waals surface area contributed by atoms with Crippen LogP contribution in [0.3, 0.4) is 0 Å². The number of anilines is 1. The van der Waals surface area contributed by atoms with Crippen molar-refractivity contribution in [3.05, 3.63) is 36.8 Å². The van der Waals surface area contributed by atoms with Gasteiger partial charge in [0.1, 0.15) is 0 Å². The Labute approximate surface area is 106 Å². The van der Waals surface area contributed by atoms with E-state index in [-0.39, 0.29) is 0 Å². The summed E-state index contributed by atoms with van der Waals surface area (Å²) < 4.78 is 1.79. The molecule has 0 radical (unpaired) electrons. The molecule has 0 spiro atoms. The predicted molar refractivity (Wildman–Crippen MR) is 70.9 cm³/mol. The summed E-state index contributed by atoms with van der Waals surface area (Å²) >= 11 is 0. The highest BCUT2D eigenvalue weighted by Gasteiger charge is 2.20. The monoisotopic (exact) mass is 243 g/mol. The number of hydrogen-bond donors (Lipinski definition) is 1. The van der Waals surface area contributed by atoms with Crippen molar-refractivity contribution in [3.8, 4) is 5.82 Å². The minimum atomic E-state index is 0.494. The van der Waals surface area contributed by atoms with Crippen LogP contribution in [0.2, 0.25) is 0 Å². The second-order valence-corrected chi connectivity index (χ2v) is 4.72. The summed E-state index contributed by atoms with van der Waals surface area (Å²) in [6.45, 7) is 2.22. The van der Waals surface area contributed by atoms with Crippen molar-refractivity contribution in [3.63, 3.8) is 0 Å². The normalized spacial score (nSPS) is 20.2. The molecule has 3 rings (SSSR count). The first-order chi connectivity index (χ1) is 8.83. The Morgan fingerprint density at radius 3 is 3.00 bits per heavy atom. The second-order valence-electron chi connectivity index (χ2n) is 4.72. The van der Waals surface area contributed by atoms with Gasteiger partial charge in [0.15, 0.2) is 5.82 Å². The number of pyridine rings is 1. The van der Waals surface area contributed by atoms with Crippen LogP contribution in [0, 0.1) is 0 Å². The fourth-order valence-electron chi connectivity index (χ4n) is 2.36. The van der Waals surface area contributed by atoms with E-state index in [9.17, 15) is 0 Å². The summed E-state index contributed by atoms with van der Waals surface area (Å²) in [7, 11) is 2.15. The number of nitrogens with one attached hydrogen (secondary N) is 1. The Hall–Kier alpha value is -1.88. The van der Waals surface area contributed by atoms with Gasteiger partial charge in [-0.15, -0.1) is 0 Å². The van der Waals surface area contributed by atoms with Gasteiger partial charge in [-0.3, -0.25) is 0 Å². The van der Waals surface area contributed by atoms with E-state index in [1.165, 1.54) is 6.42 Å². The molecule has 94 valence electrons. The lowest BCUT2D eigenvalue weighted by Gasteiger charge is -2.16. The van der Waals surface area contributed by atoms with Crippen LogP contribution < -0.4 is 5.32 Å². The average Bonchev–Trinajstić information content (AvgIpc) is 3.02. The molecule has 0 bridgehead atoms. The summed E-state index contributed by atoms with van der Waals surface area (Å²) in [4.78, 5) is 6.74. The number of rotatable bonds is 3. The number of hydrogen-bond acceptors (Lipinski definition) is 4. The average molecular weight is 243 g/mol. The van der Waals surface area contributed by atoms with Gasteiger partial charge in [-0.25, -0.2) is 9.67 Å². The zero-order chi connectivity index (χ0) is 12.4. The van der Waals surface area contributed by atoms with Gasteiger partial charge in [0.25, 0.3) is 0 Å². The van der Waals surface area contributed by atoms with Crippen molar-refractivity contribution in [1.29, 1.82) is 0 Å². The molecule has 1 unspecified atom stereocenters. The van der Waals surface area contributed by atoms with Gasteiger partial charge < -0.3 is 10.2 Å². The van der Waals surface area contributed by atoms with E-state index in [4.69, 9.17) is 0 Å². The third-order valence-electron chi connectivity index (χ3n) is 3.26. The van der Waals surface area contributed by atoms with Gasteiger partial charge in [-0.2, -0.15) is 5.10 Å². The van der Waals surface area contributed by atoms with Crippen LogP contribution in [-0.2, 0) is 0 Å². The Morgan fingerprint density at radius 1 is 1.33 bits per heavy atom. The van der Waals surface area contributed by atoms with Crippen LogP contribution in [0.15, 0.2) is 36.8 Å². The summed E-state index contributed by atoms with van der Waals surface area (Å²) in [6, 6.07) is 6.41. The van der Waals surface area contributed by atoms with Gasteiger partial charge in [-0.1, -0.05) is 0 Å². The number of likely N-dealkylation sites (N-methyl/N-ethyl adjacent to an activating group) is 1. The minimum absolute atomic E-state index is 0.494. The second kappa shape index (κ2) is 4.78. The zero-order valence-corrected chi connectivity index (χ0v) is 10.5. The molecule has 1 N–H and O–H groups in total. The molecule has 3 heterocycles. The molecule has 1 aliphatic heterocycles. The van der Waals surface area contributed by atoms with Crippen LogP contribution in [0.25, 0.3) is 5.82 Å². The SMILES string of the molecule is CN1CCC(Nc2cccnc2-n2cccn2)C1. The van der Waals surface area contributed by atoms with E-state index in [1.807, 2.05) is 18.3 Å². The molecule has 1 atom stereocenters. The fraction of sp³-hybridized carbons (Fsp3) is 0.385. The van der Waals surface area contributed by atoms with Crippen LogP contribution in [0.4, 0.5) is 5.69 Å². The Balaban J connectivity index is 1.84. The van der Waals surface area contributed by atoms with Gasteiger partial charge in [0.2, 0.25) is 0 Å². The van der Waals surface area contributed by atoms with Crippen molar-refractivity contribution in [2.45, 2.75) is 12.5 Å². The summed E-state index contributed by atoms with van der Waals surface area (Å²) in [6.07, 6.45) is 6.64. The van der Waals surface area contributed by atoms with E-state index < -0.39 is 0 Å². The number of aromatic nitrogens is 3. The van der Waals surface area contributed by atoms with Gasteiger partial charge >= 0.3 is 0 Å². The van der Waals surface area contributed by atoms with Crippen molar-refractivity contribution in [2.24, 2.45) is 0 Å². The van der Waals surface area contributed by atoms with E-state index >= 15 is 0 Å². The molecule has 0 amide bonds. The fourth-order valence-corrected chi connectivity index (χ4v) is 2.36. The minimum Gasteiger partial charge on any atom is -0.378 e. The van der Waals surface area contributed by atoms with E-state index in [0.29, 0.717) is 6.04 Å². The maximum absolute atomic E-state index is 4.41. The Bertz CT molecular complexity index is 508. The maximum Gasteiger partial charge on any atom is 0.176 e. The quantitative estimate of drug-likeness (QED) is 0.884. The molecule has 0 aliphatic carbocycles. The maximum atomic E-state index is 4.41. The Morgan fingerprint density at radius 2 is 2.28 bits per heavy atom. The topological polar surface area (TPSA) is 46.0 Å². The van der Waals surface area contributed by atoms with Crippen molar-refractivity contribution >= 4 is 5.69 Å². The molecule has 18 heavy (non-hydrogen) atoms. The van der Waals surface area contributed by atoms with Crippen LogP contribution in [0.1, 0.15) is 6.42 Å². The highest BCUT2D eigenvalue weighted by atomic mass is 15.3. The molecule has 1 saturated heterocycles. The molecular formula is C13H17N5. The van der Waals surface area contributed by atoms with Gasteiger partial charge in [-0.05, 0) is 38.2 Å². The Kier molecular flexibility index (Phi) is 2.98. The first-order valence-corrected chi connectivity index (χ1v) is 6.23. The molecule has 1 fully saturated rings. The molecule has 1 aliphatic rings. The predicted octanol–water partition coefficient (Wildman–Crippen LogP) is 1.38. The smallest absolute Gasteiger partial charge is 0.176 e. The molecular weight excluding hydrogens is 226 g/mol. The summed E-state index contributed by atoms with van der Waals surface area (Å²) in [5.41, 5.74) is 1.04. The highest BCUT2D eigenvalue weighted by Crippen LogP contribution is 2.20. The van der Waals surface area contributed by atoms with E-state index in [1.54, 1.807) is 17.1 Å². The van der Waals surface area contributed by atoms with Crippen molar-refractivity contribution < 1.29 is 0 Å². The molecule has 2 aromatic heterocycles. The molecule has 0 saturated carbocycles. The van der Waals surface area contributed by atoms with Crippen LogP contribution in [0.5, 0.6) is 0 Å². The third-order valence-corrected chi connectivity index (χ3v) is 3.26. The van der Waals surface area contributed by atoms with E-state index in [2.05, 4.69) is 33.4 Å². The first kappa shape index (κ1) is 11.2. The first-order valence-electron chi connectivity index (χ1n) is 6.23. The van der Waals surface area contributed by atoms with E-state index in [0.717, 1.165) is 24.6 Å². The van der Waals surface area contributed by atoms with Gasteiger partial charge in [0.05, 0.1) is 5.69 Å². The number of likely N-dealkylation sites (tertiary alicyclic amines) is 1. The van der Waals surface area contributed by atoms with Crippen molar-refractivity contribution in [2.75, 3.05) is 25.5 Å². The summed E-state index contributed by atoms with van der Waals surface area (Å²) in [5, 5.41) is 7.80. The molecule has 2 aromatic rings.